The van der Waals surface area contributed by atoms with Crippen molar-refractivity contribution >= 4 is 6.03 Å². The monoisotopic (exact) mass is 257 g/mol. The van der Waals surface area contributed by atoms with E-state index in [0.717, 1.165) is 51.5 Å². The highest BCUT2D eigenvalue weighted by atomic mass is 16.5. The van der Waals surface area contributed by atoms with Crippen molar-refractivity contribution in [3.63, 3.8) is 0 Å². The van der Waals surface area contributed by atoms with E-state index in [-0.39, 0.29) is 6.03 Å². The van der Waals surface area contributed by atoms with E-state index in [1.165, 1.54) is 0 Å². The molecule has 0 spiro atoms. The molecule has 0 bridgehead atoms. The number of nitrogens with one attached hydrogen (secondary N) is 1. The number of ether oxygens (including phenoxy) is 1. The highest BCUT2D eigenvalue weighted by Gasteiger charge is 2.19. The van der Waals surface area contributed by atoms with Gasteiger partial charge in [0, 0.05) is 39.8 Å². The Hall–Kier alpha value is -0.810. The minimum absolute atomic E-state index is 0.0852. The molecule has 5 heteroatoms. The molecule has 0 aliphatic carbocycles. The van der Waals surface area contributed by atoms with Crippen molar-refractivity contribution in [3.8, 4) is 0 Å². The van der Waals surface area contributed by atoms with Crippen LogP contribution in [0.5, 0.6) is 0 Å². The summed E-state index contributed by atoms with van der Waals surface area (Å²) in [4.78, 5) is 16.0. The minimum atomic E-state index is 0.0852. The number of methoxy groups -OCH3 is 1. The molecular weight excluding hydrogens is 230 g/mol. The number of carbonyl (C=O) groups is 1. The van der Waals surface area contributed by atoms with Gasteiger partial charge in [0.15, 0.2) is 0 Å². The zero-order valence-electron chi connectivity index (χ0n) is 11.9. The average Bonchev–Trinajstić information content (AvgIpc) is 2.37. The number of hydrogen-bond donors (Lipinski definition) is 1. The largest absolute Gasteiger partial charge is 0.383 e. The highest BCUT2D eigenvalue weighted by Crippen LogP contribution is 2.15. The third-order valence-electron chi connectivity index (χ3n) is 3.52. The molecule has 1 N–H and O–H groups in total. The van der Waals surface area contributed by atoms with E-state index in [0.29, 0.717) is 6.54 Å². The summed E-state index contributed by atoms with van der Waals surface area (Å²) in [5.74, 6) is 0.759. The molecule has 1 fully saturated rings. The first-order valence-electron chi connectivity index (χ1n) is 6.83. The summed E-state index contributed by atoms with van der Waals surface area (Å²) in [6, 6.07) is 0.0852. The molecule has 1 aliphatic heterocycles. The molecule has 0 aromatic carbocycles. The van der Waals surface area contributed by atoms with Crippen molar-refractivity contribution in [1.82, 2.24) is 15.1 Å². The third-order valence-corrected chi connectivity index (χ3v) is 3.52. The van der Waals surface area contributed by atoms with Crippen LogP contribution in [0.25, 0.3) is 0 Å². The van der Waals surface area contributed by atoms with Gasteiger partial charge in [-0.2, -0.15) is 0 Å². The number of rotatable bonds is 6. The van der Waals surface area contributed by atoms with Gasteiger partial charge in [-0.1, -0.05) is 6.92 Å². The maximum absolute atomic E-state index is 11.9. The molecule has 1 heterocycles. The lowest BCUT2D eigenvalue weighted by atomic mass is 10.00. The lowest BCUT2D eigenvalue weighted by Crippen LogP contribution is -2.46. The fourth-order valence-electron chi connectivity index (χ4n) is 2.04. The molecule has 1 saturated heterocycles. The number of nitrogens with zero attached hydrogens (tertiary/aromatic N) is 2. The topological polar surface area (TPSA) is 44.8 Å². The van der Waals surface area contributed by atoms with Gasteiger partial charge in [0.2, 0.25) is 0 Å². The van der Waals surface area contributed by atoms with Crippen molar-refractivity contribution in [2.24, 2.45) is 5.92 Å². The molecule has 0 aromatic rings. The van der Waals surface area contributed by atoms with E-state index in [2.05, 4.69) is 17.1 Å². The van der Waals surface area contributed by atoms with Gasteiger partial charge in [0.1, 0.15) is 0 Å². The van der Waals surface area contributed by atoms with Gasteiger partial charge in [-0.3, -0.25) is 0 Å². The Morgan fingerprint density at radius 3 is 2.67 bits per heavy atom. The first-order valence-corrected chi connectivity index (χ1v) is 6.83. The van der Waals surface area contributed by atoms with Gasteiger partial charge in [0.25, 0.3) is 0 Å². The molecule has 0 aromatic heterocycles. The first kappa shape index (κ1) is 15.2. The van der Waals surface area contributed by atoms with Crippen LogP contribution in [0.2, 0.25) is 0 Å². The zero-order valence-corrected chi connectivity index (χ0v) is 11.9. The fourth-order valence-corrected chi connectivity index (χ4v) is 2.04. The van der Waals surface area contributed by atoms with Crippen molar-refractivity contribution in [2.75, 3.05) is 53.5 Å². The van der Waals surface area contributed by atoms with Crippen LogP contribution < -0.4 is 5.32 Å². The van der Waals surface area contributed by atoms with E-state index in [1.807, 2.05) is 11.9 Å². The van der Waals surface area contributed by atoms with E-state index in [4.69, 9.17) is 4.74 Å². The van der Waals surface area contributed by atoms with Gasteiger partial charge in [0.05, 0.1) is 6.61 Å². The molecule has 0 unspecified atom stereocenters. The van der Waals surface area contributed by atoms with Gasteiger partial charge in [-0.05, 0) is 25.8 Å². The molecule has 0 radical (unpaired) electrons. The molecule has 1 rings (SSSR count). The SMILES string of the molecule is COCCN(C)CCNC(=O)N1CCC(C)CC1. The van der Waals surface area contributed by atoms with Gasteiger partial charge >= 0.3 is 6.03 Å². The van der Waals surface area contributed by atoms with Crippen molar-refractivity contribution in [2.45, 2.75) is 19.8 Å². The van der Waals surface area contributed by atoms with Gasteiger partial charge in [-0.15, -0.1) is 0 Å². The van der Waals surface area contributed by atoms with E-state index < -0.39 is 0 Å². The lowest BCUT2D eigenvalue weighted by Gasteiger charge is -2.30. The standard InChI is InChI=1S/C13H27N3O2/c1-12-4-7-16(8-5-12)13(17)14-6-9-15(2)10-11-18-3/h12H,4-11H2,1-3H3,(H,14,17). The van der Waals surface area contributed by atoms with Crippen LogP contribution in [-0.2, 0) is 4.74 Å². The smallest absolute Gasteiger partial charge is 0.317 e. The number of piperidine rings is 1. The number of hydrogen-bond acceptors (Lipinski definition) is 3. The Morgan fingerprint density at radius 2 is 2.06 bits per heavy atom. The first-order chi connectivity index (χ1) is 8.63. The second-order valence-corrected chi connectivity index (χ2v) is 5.20. The maximum Gasteiger partial charge on any atom is 0.317 e. The Balaban J connectivity index is 2.09. The van der Waals surface area contributed by atoms with Crippen molar-refractivity contribution in [1.29, 1.82) is 0 Å². The predicted molar refractivity (Wildman–Crippen MR) is 72.7 cm³/mol. The van der Waals surface area contributed by atoms with Crippen LogP contribution in [0.15, 0.2) is 0 Å². The Labute approximate surface area is 110 Å². The van der Waals surface area contributed by atoms with Crippen LogP contribution in [0.4, 0.5) is 4.79 Å². The number of likely N-dealkylation sites (tertiary alicyclic amines) is 1. The van der Waals surface area contributed by atoms with Crippen LogP contribution in [-0.4, -0.2) is 69.3 Å². The predicted octanol–water partition coefficient (Wildman–Crippen LogP) is 1.01. The maximum atomic E-state index is 11.9. The third kappa shape index (κ3) is 5.69. The summed E-state index contributed by atoms with van der Waals surface area (Å²) >= 11 is 0. The number of likely N-dealkylation sites (N-methyl/N-ethyl adjacent to an activating group) is 1. The van der Waals surface area contributed by atoms with Crippen LogP contribution in [0.3, 0.4) is 0 Å². The van der Waals surface area contributed by atoms with E-state index in [9.17, 15) is 4.79 Å². The molecule has 18 heavy (non-hydrogen) atoms. The summed E-state index contributed by atoms with van der Waals surface area (Å²) < 4.78 is 5.01. The quantitative estimate of drug-likeness (QED) is 0.772. The second kappa shape index (κ2) is 8.32. The molecular formula is C13H27N3O2. The molecule has 0 saturated carbocycles. The normalized spacial score (nSPS) is 17.2. The lowest BCUT2D eigenvalue weighted by molar-refractivity contribution is 0.158. The summed E-state index contributed by atoms with van der Waals surface area (Å²) in [6.45, 7) is 7.23. The van der Waals surface area contributed by atoms with Crippen LogP contribution >= 0.6 is 0 Å². The number of urea groups is 1. The minimum Gasteiger partial charge on any atom is -0.383 e. The van der Waals surface area contributed by atoms with Crippen molar-refractivity contribution in [3.05, 3.63) is 0 Å². The molecule has 5 nitrogen and oxygen atoms in total. The molecule has 106 valence electrons. The molecule has 0 atom stereocenters. The van der Waals surface area contributed by atoms with Crippen molar-refractivity contribution < 1.29 is 9.53 Å². The molecule has 1 aliphatic rings. The Kier molecular flexibility index (Phi) is 7.05. The Bertz CT molecular complexity index is 240. The number of carbonyl (C=O) groups excluding carboxylic acids is 1. The van der Waals surface area contributed by atoms with E-state index >= 15 is 0 Å². The second-order valence-electron chi connectivity index (χ2n) is 5.20. The average molecular weight is 257 g/mol. The van der Waals surface area contributed by atoms with E-state index in [1.54, 1.807) is 7.11 Å². The highest BCUT2D eigenvalue weighted by molar-refractivity contribution is 5.74. The van der Waals surface area contributed by atoms with Crippen LogP contribution in [0.1, 0.15) is 19.8 Å². The summed E-state index contributed by atoms with van der Waals surface area (Å²) in [7, 11) is 3.74. The Morgan fingerprint density at radius 1 is 1.39 bits per heavy atom. The summed E-state index contributed by atoms with van der Waals surface area (Å²) in [5.41, 5.74) is 0. The fraction of sp³-hybridized carbons (Fsp3) is 0.923. The van der Waals surface area contributed by atoms with Gasteiger partial charge in [-0.25, -0.2) is 4.79 Å². The van der Waals surface area contributed by atoms with Crippen LogP contribution in [0, 0.1) is 5.92 Å². The molecule has 2 amide bonds. The van der Waals surface area contributed by atoms with Gasteiger partial charge < -0.3 is 19.9 Å². The summed E-state index contributed by atoms with van der Waals surface area (Å²) in [5, 5.41) is 2.98. The number of amides is 2. The summed E-state index contributed by atoms with van der Waals surface area (Å²) in [6.07, 6.45) is 2.25. The zero-order chi connectivity index (χ0) is 13.4.